The Kier molecular flexibility index (Phi) is 6.90. The van der Waals surface area contributed by atoms with Gasteiger partial charge in [0.15, 0.2) is 0 Å². The van der Waals surface area contributed by atoms with Gasteiger partial charge in [-0.15, -0.1) is 0 Å². The first kappa shape index (κ1) is 21.7. The van der Waals surface area contributed by atoms with Crippen LogP contribution in [-0.2, 0) is 14.3 Å². The molecule has 2 aliphatic carbocycles. The smallest absolute Gasteiger partial charge is 0.328 e. The molecule has 27 heavy (non-hydrogen) atoms. The first-order valence-corrected chi connectivity index (χ1v) is 9.95. The molecule has 2 rings (SSSR count). The highest BCUT2D eigenvalue weighted by molar-refractivity contribution is 5.80. The summed E-state index contributed by atoms with van der Waals surface area (Å²) >= 11 is 0. The van der Waals surface area contributed by atoms with Gasteiger partial charge in [-0.25, -0.2) is 4.79 Å². The lowest BCUT2D eigenvalue weighted by Gasteiger charge is -2.57. The number of allylic oxidation sites excluding steroid dienone is 1. The molecule has 0 aromatic heterocycles. The van der Waals surface area contributed by atoms with Gasteiger partial charge in [-0.3, -0.25) is 4.79 Å². The van der Waals surface area contributed by atoms with E-state index in [1.54, 1.807) is 0 Å². The summed E-state index contributed by atoms with van der Waals surface area (Å²) in [6.07, 6.45) is 9.20. The average molecular weight is 379 g/mol. The molecular weight excluding hydrogens is 344 g/mol. The van der Waals surface area contributed by atoms with Crippen molar-refractivity contribution in [1.82, 2.24) is 0 Å². The molecular formula is C22H34O5. The summed E-state index contributed by atoms with van der Waals surface area (Å²) in [6, 6.07) is 0. The van der Waals surface area contributed by atoms with E-state index in [9.17, 15) is 14.7 Å². The molecule has 0 aromatic carbocycles. The van der Waals surface area contributed by atoms with Crippen LogP contribution in [0.2, 0.25) is 0 Å². The first-order valence-electron chi connectivity index (χ1n) is 9.95. The normalized spacial score (nSPS) is 30.3. The van der Waals surface area contributed by atoms with Gasteiger partial charge in [0, 0.05) is 13.0 Å². The van der Waals surface area contributed by atoms with Crippen molar-refractivity contribution in [3.05, 3.63) is 23.3 Å². The minimum atomic E-state index is -1.03. The van der Waals surface area contributed by atoms with E-state index in [0.29, 0.717) is 17.9 Å². The van der Waals surface area contributed by atoms with Crippen molar-refractivity contribution in [3.8, 4) is 0 Å². The van der Waals surface area contributed by atoms with Gasteiger partial charge in [0.05, 0.1) is 6.61 Å². The van der Waals surface area contributed by atoms with E-state index in [0.717, 1.165) is 30.9 Å². The van der Waals surface area contributed by atoms with Crippen molar-refractivity contribution < 1.29 is 24.5 Å². The van der Waals surface area contributed by atoms with Gasteiger partial charge in [0.2, 0.25) is 0 Å². The maximum absolute atomic E-state index is 11.1. The Labute approximate surface area is 162 Å². The minimum Gasteiger partial charge on any atom is -0.478 e. The summed E-state index contributed by atoms with van der Waals surface area (Å²) < 4.78 is 5.03. The highest BCUT2D eigenvalue weighted by atomic mass is 16.5. The Hall–Kier alpha value is -1.62. The molecule has 0 amide bonds. The van der Waals surface area contributed by atoms with E-state index < -0.39 is 11.9 Å². The second kappa shape index (κ2) is 8.59. The van der Waals surface area contributed by atoms with Crippen molar-refractivity contribution in [2.75, 3.05) is 13.2 Å². The SMILES string of the molecule is CC(=O)OC/C(=C\C(=O)O)CC[C@@H]1C(CO)=CC[C@@H]2C(C)(C)CCC[C@@]12C. The average Bonchev–Trinajstić information content (AvgIpc) is 2.56. The van der Waals surface area contributed by atoms with Crippen molar-refractivity contribution in [3.63, 3.8) is 0 Å². The predicted octanol–water partition coefficient (Wildman–Crippen LogP) is 4.11. The number of carbonyl (C=O) groups is 2. The maximum atomic E-state index is 11.1. The number of fused-ring (bicyclic) bond motifs is 1. The molecule has 5 nitrogen and oxygen atoms in total. The number of hydrogen-bond acceptors (Lipinski definition) is 4. The molecule has 152 valence electrons. The van der Waals surface area contributed by atoms with Gasteiger partial charge in [0.25, 0.3) is 0 Å². The number of carbonyl (C=O) groups excluding carboxylic acids is 1. The fourth-order valence-corrected chi connectivity index (χ4v) is 5.58. The molecule has 0 bridgehead atoms. The van der Waals surface area contributed by atoms with Gasteiger partial charge in [-0.2, -0.15) is 0 Å². The number of carboxylic acid groups (broad SMARTS) is 1. The van der Waals surface area contributed by atoms with Gasteiger partial charge >= 0.3 is 11.9 Å². The summed E-state index contributed by atoms with van der Waals surface area (Å²) in [6.45, 7) is 8.43. The van der Waals surface area contributed by atoms with Crippen LogP contribution < -0.4 is 0 Å². The number of esters is 1. The Morgan fingerprint density at radius 1 is 1.30 bits per heavy atom. The highest BCUT2D eigenvalue weighted by Gasteiger charge is 2.51. The summed E-state index contributed by atoms with van der Waals surface area (Å²) in [5.74, 6) is -0.669. The number of aliphatic carboxylic acids is 1. The van der Waals surface area contributed by atoms with Crippen molar-refractivity contribution in [1.29, 1.82) is 0 Å². The summed E-state index contributed by atoms with van der Waals surface area (Å²) in [5, 5.41) is 19.1. The quantitative estimate of drug-likeness (QED) is 0.396. The molecule has 2 N–H and O–H groups in total. The zero-order chi connectivity index (χ0) is 20.2. The molecule has 1 fully saturated rings. The third kappa shape index (κ3) is 5.01. The van der Waals surface area contributed by atoms with Gasteiger partial charge in [0.1, 0.15) is 6.61 Å². The Bertz CT molecular complexity index is 631. The summed E-state index contributed by atoms with van der Waals surface area (Å²) in [5.41, 5.74) is 2.05. The second-order valence-electron chi connectivity index (χ2n) is 9.09. The Morgan fingerprint density at radius 3 is 2.59 bits per heavy atom. The molecule has 1 saturated carbocycles. The highest BCUT2D eigenvalue weighted by Crippen LogP contribution is 2.60. The van der Waals surface area contributed by atoms with Gasteiger partial charge in [-0.1, -0.05) is 33.3 Å². The number of ether oxygens (including phenoxy) is 1. The third-order valence-corrected chi connectivity index (χ3v) is 6.86. The number of hydrogen-bond donors (Lipinski definition) is 2. The Morgan fingerprint density at radius 2 is 2.00 bits per heavy atom. The van der Waals surface area contributed by atoms with Crippen molar-refractivity contribution in [2.45, 2.75) is 66.2 Å². The van der Waals surface area contributed by atoms with Crippen LogP contribution >= 0.6 is 0 Å². The van der Waals surface area contributed by atoms with Crippen LogP contribution in [0.1, 0.15) is 66.2 Å². The first-order chi connectivity index (χ1) is 12.6. The molecule has 0 aromatic rings. The van der Waals surface area contributed by atoms with E-state index in [1.807, 2.05) is 0 Å². The van der Waals surface area contributed by atoms with Crippen LogP contribution in [-0.4, -0.2) is 35.4 Å². The lowest BCUT2D eigenvalue weighted by atomic mass is 9.48. The Balaban J connectivity index is 2.22. The molecule has 0 spiro atoms. The van der Waals surface area contributed by atoms with Crippen LogP contribution in [0, 0.1) is 22.7 Å². The van der Waals surface area contributed by atoms with Crippen LogP contribution in [0.4, 0.5) is 0 Å². The van der Waals surface area contributed by atoms with E-state index in [-0.39, 0.29) is 30.0 Å². The molecule has 0 unspecified atom stereocenters. The van der Waals surface area contributed by atoms with Gasteiger partial charge < -0.3 is 14.9 Å². The lowest BCUT2D eigenvalue weighted by Crippen LogP contribution is -2.49. The fourth-order valence-electron chi connectivity index (χ4n) is 5.58. The van der Waals surface area contributed by atoms with Gasteiger partial charge in [-0.05, 0) is 65.9 Å². The molecule has 0 saturated heterocycles. The summed E-state index contributed by atoms with van der Waals surface area (Å²) in [7, 11) is 0. The zero-order valence-electron chi connectivity index (χ0n) is 17.1. The van der Waals surface area contributed by atoms with Crippen LogP contribution in [0.3, 0.4) is 0 Å². The minimum absolute atomic E-state index is 0.0121. The van der Waals surface area contributed by atoms with Crippen molar-refractivity contribution in [2.24, 2.45) is 22.7 Å². The molecule has 2 aliphatic rings. The monoisotopic (exact) mass is 378 g/mol. The zero-order valence-corrected chi connectivity index (χ0v) is 17.1. The number of aliphatic hydroxyl groups excluding tert-OH is 1. The fraction of sp³-hybridized carbons (Fsp3) is 0.727. The number of aliphatic hydroxyl groups is 1. The number of carboxylic acids is 1. The molecule has 0 radical (unpaired) electrons. The molecule has 0 aliphatic heterocycles. The largest absolute Gasteiger partial charge is 0.478 e. The van der Waals surface area contributed by atoms with E-state index in [1.165, 1.54) is 19.8 Å². The molecule has 0 heterocycles. The molecule has 5 heteroatoms. The second-order valence-corrected chi connectivity index (χ2v) is 9.09. The van der Waals surface area contributed by atoms with E-state index in [2.05, 4.69) is 26.8 Å². The van der Waals surface area contributed by atoms with Crippen LogP contribution in [0.15, 0.2) is 23.3 Å². The van der Waals surface area contributed by atoms with Crippen molar-refractivity contribution >= 4 is 11.9 Å². The lowest BCUT2D eigenvalue weighted by molar-refractivity contribution is -0.140. The standard InChI is InChI=1S/C22H34O5/c1-15(24)27-14-16(12-20(25)26)6-8-18-17(13-23)7-9-19-21(2,3)10-5-11-22(18,19)4/h7,12,18-19,23H,5-6,8-11,13-14H2,1-4H3,(H,25,26)/b16-12-/t18-,19-,22+/m1/s1. The summed E-state index contributed by atoms with van der Waals surface area (Å²) in [4.78, 5) is 22.2. The van der Waals surface area contributed by atoms with Crippen LogP contribution in [0.5, 0.6) is 0 Å². The topological polar surface area (TPSA) is 83.8 Å². The third-order valence-electron chi connectivity index (χ3n) is 6.86. The predicted molar refractivity (Wildman–Crippen MR) is 104 cm³/mol. The molecule has 3 atom stereocenters. The maximum Gasteiger partial charge on any atom is 0.328 e. The number of rotatable bonds is 7. The van der Waals surface area contributed by atoms with E-state index in [4.69, 9.17) is 9.84 Å². The van der Waals surface area contributed by atoms with Crippen LogP contribution in [0.25, 0.3) is 0 Å². The van der Waals surface area contributed by atoms with E-state index >= 15 is 0 Å².